The second-order valence-electron chi connectivity index (χ2n) is 4.21. The Morgan fingerprint density at radius 2 is 2.27 bits per heavy atom. The van der Waals surface area contributed by atoms with Gasteiger partial charge in [-0.1, -0.05) is 24.6 Å². The van der Waals surface area contributed by atoms with Crippen LogP contribution in [0.5, 0.6) is 0 Å². The minimum atomic E-state index is 0.560. The molecule has 1 aromatic carbocycles. The Morgan fingerprint density at radius 1 is 1.53 bits per heavy atom. The van der Waals surface area contributed by atoms with Crippen molar-refractivity contribution < 1.29 is 0 Å². The lowest BCUT2D eigenvalue weighted by atomic mass is 10.3. The first-order valence-corrected chi connectivity index (χ1v) is 5.86. The maximum absolute atomic E-state index is 6.11. The fourth-order valence-corrected chi connectivity index (χ4v) is 2.66. The van der Waals surface area contributed by atoms with Crippen molar-refractivity contribution in [3.8, 4) is 0 Å². The monoisotopic (exact) mass is 238 g/mol. The Hall–Kier alpha value is -0.800. The number of nitrogens with one attached hydrogen (secondary N) is 1. The summed E-state index contributed by atoms with van der Waals surface area (Å²) in [5, 5.41) is 0.741. The normalized spacial score (nSPS) is 24.7. The summed E-state index contributed by atoms with van der Waals surface area (Å²) in [4.78, 5) is 3.18. The van der Waals surface area contributed by atoms with Crippen molar-refractivity contribution in [1.29, 1.82) is 0 Å². The topological polar surface area (TPSA) is 20.7 Å². The molecule has 0 amide bonds. The summed E-state index contributed by atoms with van der Waals surface area (Å²) in [5.74, 6) is 0.731. The first-order valence-electron chi connectivity index (χ1n) is 5.07. The van der Waals surface area contributed by atoms with E-state index in [1.807, 2.05) is 12.1 Å². The number of hydrogen-bond donors (Lipinski definition) is 1. The first-order chi connectivity index (χ1) is 7.18. The smallest absolute Gasteiger partial charge is 0.178 e. The summed E-state index contributed by atoms with van der Waals surface area (Å²) >= 11 is 11.4. The van der Waals surface area contributed by atoms with Gasteiger partial charge in [0.1, 0.15) is 0 Å². The van der Waals surface area contributed by atoms with Gasteiger partial charge < -0.3 is 9.55 Å². The Bertz CT molecular complexity index is 584. The minimum Gasteiger partial charge on any atom is -0.329 e. The molecule has 15 heavy (non-hydrogen) atoms. The van der Waals surface area contributed by atoms with Crippen LogP contribution in [0.25, 0.3) is 11.0 Å². The molecule has 1 aliphatic carbocycles. The number of benzene rings is 1. The van der Waals surface area contributed by atoms with Crippen molar-refractivity contribution in [2.75, 3.05) is 0 Å². The number of rotatable bonds is 1. The van der Waals surface area contributed by atoms with Crippen molar-refractivity contribution in [3.63, 3.8) is 0 Å². The number of aromatic amines is 1. The van der Waals surface area contributed by atoms with Gasteiger partial charge in [0.2, 0.25) is 0 Å². The molecular weight excluding hydrogens is 228 g/mol. The van der Waals surface area contributed by atoms with E-state index in [4.69, 9.17) is 23.8 Å². The summed E-state index contributed by atoms with van der Waals surface area (Å²) in [6.45, 7) is 2.25. The number of H-pyrrole nitrogens is 1. The Kier molecular flexibility index (Phi) is 1.94. The molecule has 2 nitrogen and oxygen atoms in total. The molecule has 3 rings (SSSR count). The van der Waals surface area contributed by atoms with Gasteiger partial charge in [0.15, 0.2) is 4.77 Å². The summed E-state index contributed by atoms with van der Waals surface area (Å²) in [6.07, 6.45) is 1.22. The van der Waals surface area contributed by atoms with Crippen molar-refractivity contribution in [1.82, 2.24) is 9.55 Å². The molecule has 1 aromatic heterocycles. The van der Waals surface area contributed by atoms with Crippen molar-refractivity contribution in [2.24, 2.45) is 5.92 Å². The molecule has 4 heteroatoms. The second-order valence-corrected chi connectivity index (χ2v) is 5.01. The maximum Gasteiger partial charge on any atom is 0.178 e. The lowest BCUT2D eigenvalue weighted by Gasteiger charge is -2.01. The fourth-order valence-electron chi connectivity index (χ4n) is 2.11. The predicted molar refractivity (Wildman–Crippen MR) is 65.0 cm³/mol. The highest BCUT2D eigenvalue weighted by molar-refractivity contribution is 7.71. The van der Waals surface area contributed by atoms with E-state index >= 15 is 0 Å². The number of halogens is 1. The van der Waals surface area contributed by atoms with Gasteiger partial charge in [-0.2, -0.15) is 0 Å². The number of para-hydroxylation sites is 1. The average Bonchev–Trinajstić information content (AvgIpc) is 2.78. The minimum absolute atomic E-state index is 0.560. The lowest BCUT2D eigenvalue weighted by molar-refractivity contribution is 0.695. The van der Waals surface area contributed by atoms with E-state index in [2.05, 4.69) is 22.5 Å². The highest BCUT2D eigenvalue weighted by Crippen LogP contribution is 2.44. The quantitative estimate of drug-likeness (QED) is 0.747. The van der Waals surface area contributed by atoms with Crippen LogP contribution >= 0.6 is 23.8 Å². The van der Waals surface area contributed by atoms with E-state index in [0.717, 1.165) is 26.7 Å². The molecule has 0 saturated heterocycles. The SMILES string of the molecule is CC1CC1n1c(=S)[nH]c2c(Cl)cccc21. The molecule has 0 bridgehead atoms. The number of imidazole rings is 1. The third-order valence-electron chi connectivity index (χ3n) is 3.10. The van der Waals surface area contributed by atoms with E-state index in [1.165, 1.54) is 6.42 Å². The van der Waals surface area contributed by atoms with E-state index < -0.39 is 0 Å². The molecule has 2 atom stereocenters. The van der Waals surface area contributed by atoms with Crippen LogP contribution in [-0.4, -0.2) is 9.55 Å². The summed E-state index contributed by atoms with van der Waals surface area (Å²) in [6, 6.07) is 6.48. The maximum atomic E-state index is 6.11. The number of fused-ring (bicyclic) bond motifs is 1. The van der Waals surface area contributed by atoms with Crippen LogP contribution < -0.4 is 0 Å². The Labute approximate surface area is 97.9 Å². The molecule has 1 N–H and O–H groups in total. The molecule has 78 valence electrons. The Balaban J connectivity index is 2.34. The van der Waals surface area contributed by atoms with Crippen LogP contribution in [0.2, 0.25) is 5.02 Å². The van der Waals surface area contributed by atoms with Crippen LogP contribution in [0.1, 0.15) is 19.4 Å². The standard InChI is InChI=1S/C11H11ClN2S/c1-6-5-9(6)14-8-4-2-3-7(12)10(8)13-11(14)15/h2-4,6,9H,5H2,1H3,(H,13,15). The molecule has 0 radical (unpaired) electrons. The van der Waals surface area contributed by atoms with Crippen LogP contribution in [0.3, 0.4) is 0 Å². The van der Waals surface area contributed by atoms with Gasteiger partial charge in [-0.25, -0.2) is 0 Å². The van der Waals surface area contributed by atoms with E-state index in [9.17, 15) is 0 Å². The van der Waals surface area contributed by atoms with Crippen molar-refractivity contribution in [3.05, 3.63) is 28.0 Å². The molecule has 1 saturated carbocycles. The van der Waals surface area contributed by atoms with Crippen LogP contribution in [-0.2, 0) is 0 Å². The molecule has 2 unspecified atom stereocenters. The van der Waals surface area contributed by atoms with Gasteiger partial charge in [-0.15, -0.1) is 0 Å². The third kappa shape index (κ3) is 1.34. The van der Waals surface area contributed by atoms with E-state index in [1.54, 1.807) is 0 Å². The number of nitrogens with zero attached hydrogens (tertiary/aromatic N) is 1. The van der Waals surface area contributed by atoms with Gasteiger partial charge in [0.05, 0.1) is 16.1 Å². The molecule has 0 aliphatic heterocycles. The molecule has 1 fully saturated rings. The number of hydrogen-bond acceptors (Lipinski definition) is 1. The van der Waals surface area contributed by atoms with E-state index in [0.29, 0.717) is 6.04 Å². The Morgan fingerprint density at radius 3 is 2.93 bits per heavy atom. The summed E-state index contributed by atoms with van der Waals surface area (Å²) in [7, 11) is 0. The summed E-state index contributed by atoms with van der Waals surface area (Å²) < 4.78 is 2.98. The number of aromatic nitrogens is 2. The highest BCUT2D eigenvalue weighted by atomic mass is 35.5. The zero-order valence-corrected chi connectivity index (χ0v) is 9.90. The van der Waals surface area contributed by atoms with E-state index in [-0.39, 0.29) is 0 Å². The molecule has 2 aromatic rings. The zero-order chi connectivity index (χ0) is 10.6. The van der Waals surface area contributed by atoms with Crippen molar-refractivity contribution >= 4 is 34.9 Å². The molecule has 1 aliphatic rings. The van der Waals surface area contributed by atoms with Crippen LogP contribution in [0.15, 0.2) is 18.2 Å². The fraction of sp³-hybridized carbons (Fsp3) is 0.364. The second kappa shape index (κ2) is 3.09. The van der Waals surface area contributed by atoms with Gasteiger partial charge >= 0.3 is 0 Å². The van der Waals surface area contributed by atoms with Crippen molar-refractivity contribution in [2.45, 2.75) is 19.4 Å². The molecule has 1 heterocycles. The first kappa shape index (κ1) is 9.43. The zero-order valence-electron chi connectivity index (χ0n) is 8.33. The molecular formula is C11H11ClN2S. The lowest BCUT2D eigenvalue weighted by Crippen LogP contribution is -1.94. The van der Waals surface area contributed by atoms with Gasteiger partial charge in [-0.3, -0.25) is 0 Å². The highest BCUT2D eigenvalue weighted by Gasteiger charge is 2.35. The largest absolute Gasteiger partial charge is 0.329 e. The van der Waals surface area contributed by atoms with Crippen LogP contribution in [0, 0.1) is 10.7 Å². The third-order valence-corrected chi connectivity index (χ3v) is 3.71. The molecule has 0 spiro atoms. The van der Waals surface area contributed by atoms with Gasteiger partial charge in [0.25, 0.3) is 0 Å². The average molecular weight is 239 g/mol. The summed E-state index contributed by atoms with van der Waals surface area (Å²) in [5.41, 5.74) is 2.09. The van der Waals surface area contributed by atoms with Crippen LogP contribution in [0.4, 0.5) is 0 Å². The predicted octanol–water partition coefficient (Wildman–Crippen LogP) is 3.93. The van der Waals surface area contributed by atoms with Gasteiger partial charge in [-0.05, 0) is 36.7 Å². The van der Waals surface area contributed by atoms with Gasteiger partial charge in [0, 0.05) is 6.04 Å².